The van der Waals surface area contributed by atoms with Crippen LogP contribution >= 0.6 is 15.9 Å². The number of halogens is 1. The minimum atomic E-state index is -1.07. The summed E-state index contributed by atoms with van der Waals surface area (Å²) < 4.78 is 6.39. The van der Waals surface area contributed by atoms with Crippen LogP contribution in [-0.2, 0) is 11.4 Å². The molecule has 3 N–H and O–H groups in total. The average molecular weight is 445 g/mol. The number of urea groups is 1. The van der Waals surface area contributed by atoms with Gasteiger partial charge in [-0.15, -0.1) is 0 Å². The van der Waals surface area contributed by atoms with E-state index < -0.39 is 16.9 Å². The van der Waals surface area contributed by atoms with E-state index in [2.05, 4.69) is 15.9 Å². The lowest BCUT2D eigenvalue weighted by Gasteiger charge is -2.10. The standard InChI is InChI=1S/C18H13BrN4O5/c19-14-3-6-16(28-10-11-1-4-15(5-2-11)23(26)27)12(8-14)7-13(9-20)17(24)22-18(21)25/h1-8H,10H2,(H3,21,22,24,25)/b13-7-. The first kappa shape index (κ1) is 20.6. The smallest absolute Gasteiger partial charge is 0.319 e. The Labute approximate surface area is 167 Å². The fraction of sp³-hybridized carbons (Fsp3) is 0.0556. The van der Waals surface area contributed by atoms with Crippen LogP contribution in [0.25, 0.3) is 6.08 Å². The zero-order chi connectivity index (χ0) is 20.7. The van der Waals surface area contributed by atoms with Gasteiger partial charge < -0.3 is 10.5 Å². The number of amides is 3. The molecule has 0 saturated carbocycles. The molecule has 2 rings (SSSR count). The number of imide groups is 1. The summed E-state index contributed by atoms with van der Waals surface area (Å²) in [5.41, 5.74) is 5.62. The number of nitro groups is 1. The normalized spacial score (nSPS) is 10.6. The maximum Gasteiger partial charge on any atom is 0.319 e. The molecule has 0 aliphatic heterocycles. The van der Waals surface area contributed by atoms with E-state index in [0.29, 0.717) is 21.3 Å². The Bertz CT molecular complexity index is 996. The Kier molecular flexibility index (Phi) is 6.84. The molecular formula is C18H13BrN4O5. The predicted octanol–water partition coefficient (Wildman–Crippen LogP) is 3.04. The van der Waals surface area contributed by atoms with Gasteiger partial charge in [0.1, 0.15) is 24.0 Å². The quantitative estimate of drug-likeness (QED) is 0.302. The van der Waals surface area contributed by atoms with E-state index in [1.54, 1.807) is 36.4 Å². The predicted molar refractivity (Wildman–Crippen MR) is 103 cm³/mol. The monoisotopic (exact) mass is 444 g/mol. The average Bonchev–Trinajstić information content (AvgIpc) is 2.65. The van der Waals surface area contributed by atoms with Crippen LogP contribution < -0.4 is 15.8 Å². The van der Waals surface area contributed by atoms with Gasteiger partial charge in [0.2, 0.25) is 0 Å². The third kappa shape index (κ3) is 5.65. The van der Waals surface area contributed by atoms with Gasteiger partial charge in [-0.05, 0) is 42.0 Å². The molecule has 0 aliphatic carbocycles. The molecule has 2 aromatic carbocycles. The fourth-order valence-corrected chi connectivity index (χ4v) is 2.50. The largest absolute Gasteiger partial charge is 0.488 e. The van der Waals surface area contributed by atoms with Crippen molar-refractivity contribution >= 4 is 39.6 Å². The van der Waals surface area contributed by atoms with E-state index in [1.165, 1.54) is 18.2 Å². The summed E-state index contributed by atoms with van der Waals surface area (Å²) >= 11 is 3.30. The second kappa shape index (κ2) is 9.29. The number of nitro benzene ring substituents is 1. The van der Waals surface area contributed by atoms with Crippen LogP contribution in [0.4, 0.5) is 10.5 Å². The van der Waals surface area contributed by atoms with Crippen LogP contribution in [0.5, 0.6) is 5.75 Å². The molecule has 0 bridgehead atoms. The second-order valence-electron chi connectivity index (χ2n) is 5.38. The van der Waals surface area contributed by atoms with Gasteiger partial charge in [0.15, 0.2) is 0 Å². The number of carbonyl (C=O) groups excluding carboxylic acids is 2. The van der Waals surface area contributed by atoms with Crippen molar-refractivity contribution < 1.29 is 19.2 Å². The zero-order valence-electron chi connectivity index (χ0n) is 14.2. The summed E-state index contributed by atoms with van der Waals surface area (Å²) in [7, 11) is 0. The number of nitrogens with zero attached hydrogens (tertiary/aromatic N) is 2. The molecule has 0 spiro atoms. The van der Waals surface area contributed by atoms with E-state index in [4.69, 9.17) is 10.5 Å². The fourth-order valence-electron chi connectivity index (χ4n) is 2.12. The lowest BCUT2D eigenvalue weighted by molar-refractivity contribution is -0.384. The first-order valence-electron chi connectivity index (χ1n) is 7.68. The molecule has 0 fully saturated rings. The Balaban J connectivity index is 2.25. The Morgan fingerprint density at radius 1 is 1.29 bits per heavy atom. The Morgan fingerprint density at radius 2 is 1.96 bits per heavy atom. The topological polar surface area (TPSA) is 148 Å². The molecule has 9 nitrogen and oxygen atoms in total. The molecule has 0 unspecified atom stereocenters. The number of non-ortho nitro benzene ring substituents is 1. The van der Waals surface area contributed by atoms with Gasteiger partial charge in [0, 0.05) is 22.2 Å². The van der Waals surface area contributed by atoms with Crippen molar-refractivity contribution in [3.63, 3.8) is 0 Å². The van der Waals surface area contributed by atoms with E-state index in [1.807, 2.05) is 5.32 Å². The maximum atomic E-state index is 11.8. The van der Waals surface area contributed by atoms with Gasteiger partial charge in [-0.2, -0.15) is 5.26 Å². The number of nitrogens with two attached hydrogens (primary N) is 1. The second-order valence-corrected chi connectivity index (χ2v) is 6.30. The van der Waals surface area contributed by atoms with Crippen molar-refractivity contribution in [3.05, 3.63) is 73.8 Å². The Morgan fingerprint density at radius 3 is 2.54 bits per heavy atom. The van der Waals surface area contributed by atoms with Gasteiger partial charge in [-0.25, -0.2) is 4.79 Å². The van der Waals surface area contributed by atoms with Gasteiger partial charge in [-0.1, -0.05) is 15.9 Å². The molecular weight excluding hydrogens is 432 g/mol. The van der Waals surface area contributed by atoms with Crippen LogP contribution in [0.2, 0.25) is 0 Å². The van der Waals surface area contributed by atoms with Crippen molar-refractivity contribution in [2.75, 3.05) is 0 Å². The number of hydrogen-bond donors (Lipinski definition) is 2. The van der Waals surface area contributed by atoms with Gasteiger partial charge >= 0.3 is 6.03 Å². The molecule has 10 heteroatoms. The van der Waals surface area contributed by atoms with E-state index in [9.17, 15) is 25.0 Å². The number of ether oxygens (including phenoxy) is 1. The number of rotatable bonds is 6. The lowest BCUT2D eigenvalue weighted by Crippen LogP contribution is -2.35. The van der Waals surface area contributed by atoms with Crippen LogP contribution in [0, 0.1) is 21.4 Å². The summed E-state index contributed by atoms with van der Waals surface area (Å²) in [6.45, 7) is 0.107. The van der Waals surface area contributed by atoms with Crippen LogP contribution in [0.3, 0.4) is 0 Å². The molecule has 0 aromatic heterocycles. The van der Waals surface area contributed by atoms with Crippen molar-refractivity contribution in [1.82, 2.24) is 5.32 Å². The molecule has 0 saturated heterocycles. The van der Waals surface area contributed by atoms with Crippen molar-refractivity contribution in [1.29, 1.82) is 5.26 Å². The Hall–Kier alpha value is -3.71. The zero-order valence-corrected chi connectivity index (χ0v) is 15.8. The minimum Gasteiger partial charge on any atom is -0.488 e. The molecule has 28 heavy (non-hydrogen) atoms. The lowest BCUT2D eigenvalue weighted by atomic mass is 10.1. The number of hydrogen-bond acceptors (Lipinski definition) is 6. The first-order valence-corrected chi connectivity index (χ1v) is 8.47. The van der Waals surface area contributed by atoms with E-state index >= 15 is 0 Å². The molecule has 2 aromatic rings. The highest BCUT2D eigenvalue weighted by Crippen LogP contribution is 2.26. The van der Waals surface area contributed by atoms with Crippen molar-refractivity contribution in [3.8, 4) is 11.8 Å². The summed E-state index contributed by atoms with van der Waals surface area (Å²) in [5, 5.41) is 21.7. The van der Waals surface area contributed by atoms with Crippen LogP contribution in [-0.4, -0.2) is 16.9 Å². The molecule has 0 aliphatic rings. The van der Waals surface area contributed by atoms with Gasteiger partial charge in [0.05, 0.1) is 4.92 Å². The number of nitrogens with one attached hydrogen (secondary N) is 1. The van der Waals surface area contributed by atoms with Gasteiger partial charge in [-0.3, -0.25) is 20.2 Å². The van der Waals surface area contributed by atoms with Crippen LogP contribution in [0.15, 0.2) is 52.5 Å². The summed E-state index contributed by atoms with van der Waals surface area (Å²) in [6.07, 6.45) is 1.26. The van der Waals surface area contributed by atoms with Crippen molar-refractivity contribution in [2.45, 2.75) is 6.61 Å². The molecule has 3 amide bonds. The van der Waals surface area contributed by atoms with Crippen molar-refractivity contribution in [2.24, 2.45) is 5.73 Å². The first-order chi connectivity index (χ1) is 13.3. The molecule has 142 valence electrons. The molecule has 0 heterocycles. The number of carbonyl (C=O) groups is 2. The third-order valence-electron chi connectivity index (χ3n) is 3.41. The van der Waals surface area contributed by atoms with Gasteiger partial charge in [0.25, 0.3) is 11.6 Å². The highest BCUT2D eigenvalue weighted by molar-refractivity contribution is 9.10. The molecule has 0 atom stereocenters. The summed E-state index contributed by atoms with van der Waals surface area (Å²) in [5.74, 6) is -0.572. The van der Waals surface area contributed by atoms with E-state index in [-0.39, 0.29) is 17.9 Å². The number of primary amides is 1. The summed E-state index contributed by atoms with van der Waals surface area (Å²) in [6, 6.07) is 11.4. The van der Waals surface area contributed by atoms with E-state index in [0.717, 1.165) is 0 Å². The molecule has 0 radical (unpaired) electrons. The highest BCUT2D eigenvalue weighted by atomic mass is 79.9. The maximum absolute atomic E-state index is 11.8. The number of benzene rings is 2. The highest BCUT2D eigenvalue weighted by Gasteiger charge is 2.13. The van der Waals surface area contributed by atoms with Crippen LogP contribution in [0.1, 0.15) is 11.1 Å². The minimum absolute atomic E-state index is 0.0323. The summed E-state index contributed by atoms with van der Waals surface area (Å²) in [4.78, 5) is 32.8. The third-order valence-corrected chi connectivity index (χ3v) is 3.91. The number of nitriles is 1. The SMILES string of the molecule is N#C/C(=C/c1cc(Br)ccc1OCc1ccc([N+](=O)[O-])cc1)C(=O)NC(N)=O.